The predicted octanol–water partition coefficient (Wildman–Crippen LogP) is 1.88. The van der Waals surface area contributed by atoms with Crippen molar-refractivity contribution in [2.24, 2.45) is 0 Å². The van der Waals surface area contributed by atoms with Crippen molar-refractivity contribution in [3.8, 4) is 0 Å². The first kappa shape index (κ1) is 17.8. The second kappa shape index (κ2) is 6.34. The van der Waals surface area contributed by atoms with Crippen LogP contribution in [-0.4, -0.2) is 26.8 Å². The lowest BCUT2D eigenvalue weighted by atomic mass is 10.1. The number of aromatic nitrogens is 2. The number of aromatic amines is 1. The Morgan fingerprint density at radius 3 is 2.80 bits per heavy atom. The number of benzene rings is 1. The number of nitrogens with one attached hydrogen (secondary N) is 2. The third-order valence-corrected chi connectivity index (χ3v) is 4.98. The molecule has 2 heterocycles. The first-order valence-electron chi connectivity index (χ1n) is 8.04. The number of hydrogen-bond acceptors (Lipinski definition) is 5. The smallest absolute Gasteiger partial charge is 0.316 e. The van der Waals surface area contributed by atoms with Gasteiger partial charge in [0.1, 0.15) is 0 Å². The van der Waals surface area contributed by atoms with E-state index in [0.717, 1.165) is 10.5 Å². The molecule has 1 amide bonds. The van der Waals surface area contributed by atoms with E-state index in [1.807, 2.05) is 39.8 Å². The zero-order valence-corrected chi connectivity index (χ0v) is 15.5. The molecule has 0 fully saturated rings. The van der Waals surface area contributed by atoms with Crippen molar-refractivity contribution in [1.82, 2.24) is 15.0 Å². The molecule has 25 heavy (non-hydrogen) atoms. The lowest BCUT2D eigenvalue weighted by molar-refractivity contribution is -0.146. The Morgan fingerprint density at radius 1 is 1.40 bits per heavy atom. The Kier molecular flexibility index (Phi) is 4.51. The molecule has 7 nitrogen and oxygen atoms in total. The zero-order chi connectivity index (χ0) is 18.4. The fraction of sp³-hybridized carbons (Fsp3) is 0.471. The Bertz CT molecular complexity index is 955. The topological polar surface area (TPSA) is 93.2 Å². The highest BCUT2D eigenvalue weighted by Gasteiger charge is 2.27. The van der Waals surface area contributed by atoms with E-state index in [1.165, 1.54) is 4.57 Å². The minimum atomic E-state index is -0.674. The molecule has 134 valence electrons. The highest BCUT2D eigenvalue weighted by atomic mass is 32.2. The van der Waals surface area contributed by atoms with E-state index in [2.05, 4.69) is 10.5 Å². The van der Waals surface area contributed by atoms with Crippen LogP contribution in [0.1, 0.15) is 38.8 Å². The Labute approximate surface area is 148 Å². The van der Waals surface area contributed by atoms with E-state index in [9.17, 15) is 14.4 Å². The Balaban J connectivity index is 1.99. The number of nitrogens with zero attached hydrogens (tertiary/aromatic N) is 1. The SMILES string of the molecule is Cc1cc2c3c(c1)[nH]c(=O)c(=O)n3C(CC(=O)NOC(C)(C)C)CS2. The fourth-order valence-corrected chi connectivity index (χ4v) is 4.06. The highest BCUT2D eigenvalue weighted by molar-refractivity contribution is 7.99. The van der Waals surface area contributed by atoms with Crippen molar-refractivity contribution >= 4 is 28.7 Å². The average Bonchev–Trinajstić information content (AvgIpc) is 2.50. The third-order valence-electron chi connectivity index (χ3n) is 3.81. The van der Waals surface area contributed by atoms with Crippen LogP contribution in [-0.2, 0) is 9.63 Å². The summed E-state index contributed by atoms with van der Waals surface area (Å²) in [6.45, 7) is 7.42. The van der Waals surface area contributed by atoms with E-state index < -0.39 is 22.8 Å². The number of amides is 1. The number of H-pyrrole nitrogens is 1. The number of hydroxylamine groups is 1. The largest absolute Gasteiger partial charge is 0.317 e. The van der Waals surface area contributed by atoms with Gasteiger partial charge in [0.2, 0.25) is 5.91 Å². The van der Waals surface area contributed by atoms with Gasteiger partial charge in [-0.3, -0.25) is 23.8 Å². The molecule has 0 aliphatic carbocycles. The zero-order valence-electron chi connectivity index (χ0n) is 14.6. The van der Waals surface area contributed by atoms with Gasteiger partial charge in [0, 0.05) is 10.6 Å². The van der Waals surface area contributed by atoms with Gasteiger partial charge in [-0.1, -0.05) is 0 Å². The standard InChI is InChI=1S/C17H21N3O4S/c1-9-5-11-14-12(6-9)25-8-10(20(14)16(23)15(22)18-11)7-13(21)19-24-17(2,3)4/h5-6,10H,7-8H2,1-4H3,(H,18,22)(H,19,21). The van der Waals surface area contributed by atoms with Gasteiger partial charge in [0.05, 0.1) is 29.1 Å². The van der Waals surface area contributed by atoms with Crippen molar-refractivity contribution in [2.75, 3.05) is 5.75 Å². The first-order chi connectivity index (χ1) is 11.7. The molecule has 2 aromatic rings. The summed E-state index contributed by atoms with van der Waals surface area (Å²) < 4.78 is 1.45. The van der Waals surface area contributed by atoms with E-state index >= 15 is 0 Å². The number of hydrogen-bond donors (Lipinski definition) is 2. The average molecular weight is 363 g/mol. The predicted molar refractivity (Wildman–Crippen MR) is 96.9 cm³/mol. The van der Waals surface area contributed by atoms with Crippen LogP contribution in [0.25, 0.3) is 11.0 Å². The molecule has 0 saturated heterocycles. The van der Waals surface area contributed by atoms with Gasteiger partial charge >= 0.3 is 11.1 Å². The molecule has 2 N–H and O–H groups in total. The number of carbonyl (C=O) groups is 1. The fourth-order valence-electron chi connectivity index (χ4n) is 2.81. The molecule has 1 aromatic heterocycles. The lowest BCUT2D eigenvalue weighted by Crippen LogP contribution is -2.42. The number of thioether (sulfide) groups is 1. The minimum absolute atomic E-state index is 0.0643. The number of rotatable bonds is 3. The Hall–Kier alpha value is -2.06. The molecule has 3 rings (SSSR count). The number of carbonyl (C=O) groups excluding carboxylic acids is 1. The van der Waals surface area contributed by atoms with Gasteiger partial charge in [0.25, 0.3) is 0 Å². The first-order valence-corrected chi connectivity index (χ1v) is 9.03. The van der Waals surface area contributed by atoms with E-state index in [1.54, 1.807) is 11.8 Å². The normalized spacial score (nSPS) is 16.9. The van der Waals surface area contributed by atoms with Crippen LogP contribution in [0.4, 0.5) is 0 Å². The third kappa shape index (κ3) is 3.64. The quantitative estimate of drug-likeness (QED) is 0.642. The molecular weight excluding hydrogens is 342 g/mol. The van der Waals surface area contributed by atoms with Crippen molar-refractivity contribution in [1.29, 1.82) is 0 Å². The van der Waals surface area contributed by atoms with Crippen LogP contribution in [0.3, 0.4) is 0 Å². The van der Waals surface area contributed by atoms with Gasteiger partial charge in [-0.2, -0.15) is 0 Å². The van der Waals surface area contributed by atoms with Crippen LogP contribution < -0.4 is 16.6 Å². The summed E-state index contributed by atoms with van der Waals surface area (Å²) in [6, 6.07) is 3.42. The summed E-state index contributed by atoms with van der Waals surface area (Å²) >= 11 is 1.58. The maximum atomic E-state index is 12.4. The van der Waals surface area contributed by atoms with Crippen LogP contribution >= 0.6 is 11.8 Å². The second-order valence-electron chi connectivity index (χ2n) is 7.20. The molecule has 1 aliphatic rings. The van der Waals surface area contributed by atoms with Gasteiger partial charge < -0.3 is 4.98 Å². The van der Waals surface area contributed by atoms with Crippen molar-refractivity contribution in [3.63, 3.8) is 0 Å². The summed E-state index contributed by atoms with van der Waals surface area (Å²) in [7, 11) is 0. The molecule has 0 saturated carbocycles. The lowest BCUT2D eigenvalue weighted by Gasteiger charge is -2.27. The molecule has 1 aromatic carbocycles. The van der Waals surface area contributed by atoms with E-state index in [4.69, 9.17) is 4.84 Å². The van der Waals surface area contributed by atoms with Gasteiger partial charge in [-0.25, -0.2) is 5.48 Å². The second-order valence-corrected chi connectivity index (χ2v) is 8.26. The molecular formula is C17H21N3O4S. The van der Waals surface area contributed by atoms with Gasteiger partial charge in [-0.05, 0) is 45.4 Å². The van der Waals surface area contributed by atoms with Crippen LogP contribution in [0.15, 0.2) is 26.6 Å². The van der Waals surface area contributed by atoms with Crippen LogP contribution in [0.2, 0.25) is 0 Å². The van der Waals surface area contributed by atoms with Crippen molar-refractivity contribution in [2.45, 2.75) is 50.7 Å². The van der Waals surface area contributed by atoms with Crippen molar-refractivity contribution < 1.29 is 9.63 Å². The summed E-state index contributed by atoms with van der Waals surface area (Å²) in [5, 5.41) is 0. The van der Waals surface area contributed by atoms with E-state index in [-0.39, 0.29) is 12.3 Å². The van der Waals surface area contributed by atoms with E-state index in [0.29, 0.717) is 16.8 Å². The molecule has 0 spiro atoms. The highest BCUT2D eigenvalue weighted by Crippen LogP contribution is 2.36. The summed E-state index contributed by atoms with van der Waals surface area (Å²) in [6.07, 6.45) is 0.0643. The molecule has 1 unspecified atom stereocenters. The molecule has 0 bridgehead atoms. The maximum Gasteiger partial charge on any atom is 0.317 e. The molecule has 1 aliphatic heterocycles. The molecule has 0 radical (unpaired) electrons. The van der Waals surface area contributed by atoms with Crippen LogP contribution in [0.5, 0.6) is 0 Å². The van der Waals surface area contributed by atoms with Crippen molar-refractivity contribution in [3.05, 3.63) is 38.4 Å². The number of aryl methyl sites for hydroxylation is 1. The van der Waals surface area contributed by atoms with Gasteiger partial charge in [-0.15, -0.1) is 11.8 Å². The minimum Gasteiger partial charge on any atom is -0.316 e. The summed E-state index contributed by atoms with van der Waals surface area (Å²) in [5.74, 6) is 0.217. The molecule has 8 heteroatoms. The maximum absolute atomic E-state index is 12.4. The summed E-state index contributed by atoms with van der Waals surface area (Å²) in [5.41, 5.74) is 2.91. The summed E-state index contributed by atoms with van der Waals surface area (Å²) in [4.78, 5) is 45.5. The van der Waals surface area contributed by atoms with Crippen LogP contribution in [0, 0.1) is 6.92 Å². The monoisotopic (exact) mass is 363 g/mol. The Morgan fingerprint density at radius 2 is 2.12 bits per heavy atom. The molecule has 1 atom stereocenters. The van der Waals surface area contributed by atoms with Gasteiger partial charge in [0.15, 0.2) is 0 Å².